The van der Waals surface area contributed by atoms with Crippen molar-refractivity contribution in [3.8, 4) is 0 Å². The Labute approximate surface area is 107 Å². The van der Waals surface area contributed by atoms with E-state index in [4.69, 9.17) is 4.74 Å². The summed E-state index contributed by atoms with van der Waals surface area (Å²) in [4.78, 5) is 14.4. The third kappa shape index (κ3) is 2.03. The van der Waals surface area contributed by atoms with Gasteiger partial charge < -0.3 is 9.64 Å². The number of carbonyl (C=O) groups is 1. The van der Waals surface area contributed by atoms with Gasteiger partial charge in [-0.15, -0.1) is 0 Å². The van der Waals surface area contributed by atoms with Crippen molar-refractivity contribution in [1.29, 1.82) is 0 Å². The van der Waals surface area contributed by atoms with Gasteiger partial charge in [-0.3, -0.25) is 9.48 Å². The van der Waals surface area contributed by atoms with Crippen LogP contribution in [0, 0.1) is 0 Å². The molecule has 0 aromatic carbocycles. The largest absolute Gasteiger partial charge is 0.368 e. The van der Waals surface area contributed by atoms with Crippen molar-refractivity contribution in [2.75, 3.05) is 13.2 Å². The molecule has 5 nitrogen and oxygen atoms in total. The van der Waals surface area contributed by atoms with Gasteiger partial charge in [0.1, 0.15) is 6.10 Å². The third-order valence-corrected chi connectivity index (χ3v) is 3.85. The standard InChI is InChI=1S/C13H19N3O2/c1-15-9-10(8-14-15)11-4-2-6-16(11)13(17)12-5-3-7-18-12/h8-9,11-12H,2-7H2,1H3/t11-,12-/m1/s1. The number of aryl methyl sites for hydroxylation is 1. The Kier molecular flexibility index (Phi) is 3.07. The smallest absolute Gasteiger partial charge is 0.252 e. The number of hydrogen-bond acceptors (Lipinski definition) is 3. The first-order chi connectivity index (χ1) is 8.75. The Morgan fingerprint density at radius 2 is 2.33 bits per heavy atom. The van der Waals surface area contributed by atoms with E-state index < -0.39 is 0 Å². The minimum atomic E-state index is -0.206. The summed E-state index contributed by atoms with van der Waals surface area (Å²) in [5, 5.41) is 4.20. The fraction of sp³-hybridized carbons (Fsp3) is 0.692. The summed E-state index contributed by atoms with van der Waals surface area (Å²) in [5.41, 5.74) is 1.14. The van der Waals surface area contributed by atoms with Crippen LogP contribution in [0.4, 0.5) is 0 Å². The lowest BCUT2D eigenvalue weighted by molar-refractivity contribution is -0.141. The summed E-state index contributed by atoms with van der Waals surface area (Å²) in [7, 11) is 1.91. The third-order valence-electron chi connectivity index (χ3n) is 3.85. The molecule has 0 unspecified atom stereocenters. The van der Waals surface area contributed by atoms with Crippen molar-refractivity contribution >= 4 is 5.91 Å². The van der Waals surface area contributed by atoms with Crippen LogP contribution in [-0.4, -0.2) is 39.8 Å². The molecule has 18 heavy (non-hydrogen) atoms. The molecule has 3 rings (SSSR count). The highest BCUT2D eigenvalue weighted by Gasteiger charge is 2.36. The van der Waals surface area contributed by atoms with Crippen molar-refractivity contribution in [1.82, 2.24) is 14.7 Å². The molecule has 0 bridgehead atoms. The first kappa shape index (κ1) is 11.7. The molecule has 1 aromatic rings. The highest BCUT2D eigenvalue weighted by molar-refractivity contribution is 5.81. The zero-order valence-corrected chi connectivity index (χ0v) is 10.7. The van der Waals surface area contributed by atoms with Gasteiger partial charge in [0.15, 0.2) is 0 Å². The highest BCUT2D eigenvalue weighted by Crippen LogP contribution is 2.33. The van der Waals surface area contributed by atoms with Gasteiger partial charge >= 0.3 is 0 Å². The summed E-state index contributed by atoms with van der Waals surface area (Å²) >= 11 is 0. The minimum absolute atomic E-state index is 0.166. The van der Waals surface area contributed by atoms with Gasteiger partial charge in [0.2, 0.25) is 0 Å². The lowest BCUT2D eigenvalue weighted by Gasteiger charge is -2.26. The van der Waals surface area contributed by atoms with Gasteiger partial charge in [0.25, 0.3) is 5.91 Å². The normalized spacial score (nSPS) is 27.9. The van der Waals surface area contributed by atoms with Crippen molar-refractivity contribution in [2.24, 2.45) is 7.05 Å². The maximum atomic E-state index is 12.4. The molecule has 98 valence electrons. The first-order valence-corrected chi connectivity index (χ1v) is 6.66. The van der Waals surface area contributed by atoms with E-state index >= 15 is 0 Å². The Morgan fingerprint density at radius 1 is 1.44 bits per heavy atom. The van der Waals surface area contributed by atoms with E-state index in [1.165, 1.54) is 0 Å². The molecule has 0 saturated carbocycles. The summed E-state index contributed by atoms with van der Waals surface area (Å²) in [6.07, 6.45) is 7.64. The average molecular weight is 249 g/mol. The van der Waals surface area contributed by atoms with Crippen LogP contribution in [0.15, 0.2) is 12.4 Å². The number of likely N-dealkylation sites (tertiary alicyclic amines) is 1. The Morgan fingerprint density at radius 3 is 3.00 bits per heavy atom. The van der Waals surface area contributed by atoms with Gasteiger partial charge in [-0.05, 0) is 25.7 Å². The zero-order chi connectivity index (χ0) is 12.5. The number of ether oxygens (including phenoxy) is 1. The molecule has 0 radical (unpaired) electrons. The van der Waals surface area contributed by atoms with E-state index in [2.05, 4.69) is 5.10 Å². The topological polar surface area (TPSA) is 47.4 Å². The molecule has 1 amide bonds. The van der Waals surface area contributed by atoms with Crippen molar-refractivity contribution in [2.45, 2.75) is 37.8 Å². The predicted molar refractivity (Wildman–Crippen MR) is 65.9 cm³/mol. The van der Waals surface area contributed by atoms with Crippen molar-refractivity contribution in [3.05, 3.63) is 18.0 Å². The lowest BCUT2D eigenvalue weighted by Crippen LogP contribution is -2.38. The summed E-state index contributed by atoms with van der Waals surface area (Å²) in [5.74, 6) is 0.166. The van der Waals surface area contributed by atoms with Gasteiger partial charge in [0.05, 0.1) is 12.2 Å². The molecule has 0 spiro atoms. The first-order valence-electron chi connectivity index (χ1n) is 6.66. The number of aromatic nitrogens is 2. The fourth-order valence-corrected chi connectivity index (χ4v) is 2.95. The second kappa shape index (κ2) is 4.72. The van der Waals surface area contributed by atoms with Gasteiger partial charge in [-0.25, -0.2) is 0 Å². The van der Waals surface area contributed by atoms with E-state index in [9.17, 15) is 4.79 Å². The second-order valence-electron chi connectivity index (χ2n) is 5.14. The van der Waals surface area contributed by atoms with Gasteiger partial charge in [-0.1, -0.05) is 0 Å². The molecule has 0 aliphatic carbocycles. The summed E-state index contributed by atoms with van der Waals surface area (Å²) < 4.78 is 7.30. The SMILES string of the molecule is Cn1cc([C@H]2CCCN2C(=O)[C@H]2CCCO2)cn1. The van der Waals surface area contributed by atoms with Crippen LogP contribution in [0.5, 0.6) is 0 Å². The number of rotatable bonds is 2. The van der Waals surface area contributed by atoms with Crippen molar-refractivity contribution < 1.29 is 9.53 Å². The molecule has 2 fully saturated rings. The molecular weight excluding hydrogens is 230 g/mol. The summed E-state index contributed by atoms with van der Waals surface area (Å²) in [6, 6.07) is 0.190. The second-order valence-corrected chi connectivity index (χ2v) is 5.14. The van der Waals surface area contributed by atoms with Crippen LogP contribution in [0.2, 0.25) is 0 Å². The average Bonchev–Trinajstić information content (AvgIpc) is 3.09. The number of nitrogens with zero attached hydrogens (tertiary/aromatic N) is 3. The van der Waals surface area contributed by atoms with E-state index in [1.807, 2.05) is 24.3 Å². The molecule has 3 heterocycles. The van der Waals surface area contributed by atoms with Crippen LogP contribution < -0.4 is 0 Å². The molecule has 5 heteroatoms. The maximum absolute atomic E-state index is 12.4. The molecule has 0 N–H and O–H groups in total. The Hall–Kier alpha value is -1.36. The van der Waals surface area contributed by atoms with E-state index in [0.29, 0.717) is 0 Å². The van der Waals surface area contributed by atoms with Gasteiger partial charge in [-0.2, -0.15) is 5.10 Å². The monoisotopic (exact) mass is 249 g/mol. The zero-order valence-electron chi connectivity index (χ0n) is 10.7. The van der Waals surface area contributed by atoms with E-state index in [-0.39, 0.29) is 18.1 Å². The lowest BCUT2D eigenvalue weighted by atomic mass is 10.1. The molecule has 2 saturated heterocycles. The Balaban J connectivity index is 1.76. The van der Waals surface area contributed by atoms with Crippen molar-refractivity contribution in [3.63, 3.8) is 0 Å². The maximum Gasteiger partial charge on any atom is 0.252 e. The van der Waals surface area contributed by atoms with Gasteiger partial charge in [0, 0.05) is 32.0 Å². The predicted octanol–water partition coefficient (Wildman–Crippen LogP) is 1.26. The molecule has 1 aromatic heterocycles. The summed E-state index contributed by atoms with van der Waals surface area (Å²) in [6.45, 7) is 1.57. The Bertz CT molecular complexity index is 437. The number of hydrogen-bond donors (Lipinski definition) is 0. The number of carbonyl (C=O) groups excluding carboxylic acids is 1. The van der Waals surface area contributed by atoms with E-state index in [0.717, 1.165) is 44.4 Å². The molecule has 2 aliphatic heterocycles. The molecule has 2 atom stereocenters. The number of amides is 1. The molecule has 2 aliphatic rings. The quantitative estimate of drug-likeness (QED) is 0.793. The minimum Gasteiger partial charge on any atom is -0.368 e. The molecular formula is C13H19N3O2. The fourth-order valence-electron chi connectivity index (χ4n) is 2.95. The van der Waals surface area contributed by atoms with Crippen LogP contribution in [-0.2, 0) is 16.6 Å². The van der Waals surface area contributed by atoms with Crippen LogP contribution in [0.25, 0.3) is 0 Å². The highest BCUT2D eigenvalue weighted by atomic mass is 16.5. The van der Waals surface area contributed by atoms with Crippen LogP contribution in [0.3, 0.4) is 0 Å². The van der Waals surface area contributed by atoms with E-state index in [1.54, 1.807) is 4.68 Å². The van der Waals surface area contributed by atoms with Crippen LogP contribution >= 0.6 is 0 Å². The van der Waals surface area contributed by atoms with Crippen LogP contribution in [0.1, 0.15) is 37.3 Å².